The Bertz CT molecular complexity index is 759. The van der Waals surface area contributed by atoms with Gasteiger partial charge in [0.15, 0.2) is 17.3 Å². The first-order valence-corrected chi connectivity index (χ1v) is 8.41. The van der Waals surface area contributed by atoms with Crippen LogP contribution >= 0.6 is 0 Å². The molecule has 0 bridgehead atoms. The summed E-state index contributed by atoms with van der Waals surface area (Å²) < 4.78 is 11.0. The molecule has 1 heterocycles. The Kier molecular flexibility index (Phi) is 5.24. The summed E-state index contributed by atoms with van der Waals surface area (Å²) in [4.78, 5) is 13.6. The van der Waals surface area contributed by atoms with Gasteiger partial charge in [-0.05, 0) is 43.2 Å². The summed E-state index contributed by atoms with van der Waals surface area (Å²) in [7, 11) is 1.53. The highest BCUT2D eigenvalue weighted by molar-refractivity contribution is 5.94. The van der Waals surface area contributed by atoms with E-state index in [1.54, 1.807) is 18.2 Å². The Balaban J connectivity index is 1.59. The lowest BCUT2D eigenvalue weighted by molar-refractivity contribution is 0.101. The highest BCUT2D eigenvalue weighted by Gasteiger charge is 2.21. The van der Waals surface area contributed by atoms with Crippen molar-refractivity contribution in [3.63, 3.8) is 0 Å². The van der Waals surface area contributed by atoms with E-state index in [0.29, 0.717) is 23.6 Å². The van der Waals surface area contributed by atoms with E-state index < -0.39 is 6.10 Å². The van der Waals surface area contributed by atoms with E-state index >= 15 is 0 Å². The van der Waals surface area contributed by atoms with Gasteiger partial charge in [0.05, 0.1) is 7.11 Å². The Hall–Kier alpha value is -2.53. The van der Waals surface area contributed by atoms with Crippen LogP contribution in [-0.2, 0) is 6.42 Å². The summed E-state index contributed by atoms with van der Waals surface area (Å²) in [5.41, 5.74) is 3.07. The second kappa shape index (κ2) is 7.57. The molecule has 132 valence electrons. The summed E-state index contributed by atoms with van der Waals surface area (Å²) >= 11 is 0. The minimum atomic E-state index is -0.622. The van der Waals surface area contributed by atoms with Crippen LogP contribution in [0.2, 0.25) is 0 Å². The fourth-order valence-corrected chi connectivity index (χ4v) is 3.10. The molecule has 3 rings (SSSR count). The first kappa shape index (κ1) is 17.3. The highest BCUT2D eigenvalue weighted by atomic mass is 16.5. The predicted molar refractivity (Wildman–Crippen MR) is 96.9 cm³/mol. The molecule has 0 saturated carbocycles. The standard InChI is InChI=1S/C20H23NO4/c1-14(22)16-7-8-19(20(11-16)24-2)25-13-17(23)12-21-10-9-15-5-3-4-6-18(15)21/h3-8,11,17,23H,9-10,12-13H2,1-2H3/t17-/m1/s1. The van der Waals surface area contributed by atoms with E-state index in [4.69, 9.17) is 9.47 Å². The molecular weight excluding hydrogens is 318 g/mol. The minimum absolute atomic E-state index is 0.0300. The van der Waals surface area contributed by atoms with Crippen molar-refractivity contribution in [2.75, 3.05) is 31.7 Å². The number of Topliss-reactive ketones (excluding diaryl/α,β-unsaturated/α-hetero) is 1. The fourth-order valence-electron chi connectivity index (χ4n) is 3.10. The highest BCUT2D eigenvalue weighted by Crippen LogP contribution is 2.29. The molecule has 1 aliphatic heterocycles. The topological polar surface area (TPSA) is 59.0 Å². The molecule has 5 heteroatoms. The molecule has 0 fully saturated rings. The van der Waals surface area contributed by atoms with Crippen LogP contribution in [-0.4, -0.2) is 43.8 Å². The van der Waals surface area contributed by atoms with E-state index in [1.807, 2.05) is 12.1 Å². The molecule has 2 aromatic carbocycles. The van der Waals surface area contributed by atoms with Crippen molar-refractivity contribution in [3.8, 4) is 11.5 Å². The van der Waals surface area contributed by atoms with Crippen LogP contribution in [0.15, 0.2) is 42.5 Å². The molecule has 0 amide bonds. The molecule has 0 aromatic heterocycles. The van der Waals surface area contributed by atoms with Crippen LogP contribution in [0.5, 0.6) is 11.5 Å². The monoisotopic (exact) mass is 341 g/mol. The van der Waals surface area contributed by atoms with Crippen LogP contribution in [0.25, 0.3) is 0 Å². The molecule has 0 saturated heterocycles. The van der Waals surface area contributed by atoms with Gasteiger partial charge in [-0.15, -0.1) is 0 Å². The summed E-state index contributed by atoms with van der Waals surface area (Å²) in [5.74, 6) is 0.984. The quantitative estimate of drug-likeness (QED) is 0.785. The number of benzene rings is 2. The zero-order chi connectivity index (χ0) is 17.8. The van der Waals surface area contributed by atoms with Gasteiger partial charge < -0.3 is 19.5 Å². The molecule has 0 spiro atoms. The number of nitrogens with zero attached hydrogens (tertiary/aromatic N) is 1. The van der Waals surface area contributed by atoms with Gasteiger partial charge in [0.1, 0.15) is 12.7 Å². The van der Waals surface area contributed by atoms with Gasteiger partial charge >= 0.3 is 0 Å². The predicted octanol–water partition coefficient (Wildman–Crippen LogP) is 2.70. The lowest BCUT2D eigenvalue weighted by atomic mass is 10.1. The van der Waals surface area contributed by atoms with Gasteiger partial charge in [-0.1, -0.05) is 18.2 Å². The summed E-state index contributed by atoms with van der Waals surface area (Å²) in [6.45, 7) is 3.10. The molecule has 1 atom stereocenters. The van der Waals surface area contributed by atoms with E-state index in [2.05, 4.69) is 17.0 Å². The van der Waals surface area contributed by atoms with Crippen molar-refractivity contribution >= 4 is 11.5 Å². The lowest BCUT2D eigenvalue weighted by Crippen LogP contribution is -2.34. The first-order valence-electron chi connectivity index (χ1n) is 8.41. The molecule has 1 N–H and O–H groups in total. The van der Waals surface area contributed by atoms with Crippen molar-refractivity contribution in [1.29, 1.82) is 0 Å². The smallest absolute Gasteiger partial charge is 0.161 e. The Morgan fingerprint density at radius 2 is 2.04 bits per heavy atom. The van der Waals surface area contributed by atoms with Crippen LogP contribution in [0, 0.1) is 0 Å². The number of para-hydroxylation sites is 1. The number of carbonyl (C=O) groups excluding carboxylic acids is 1. The Labute approximate surface area is 147 Å². The number of rotatable bonds is 7. The molecular formula is C20H23NO4. The third-order valence-electron chi connectivity index (χ3n) is 4.42. The normalized spacial score (nSPS) is 14.1. The van der Waals surface area contributed by atoms with Crippen LogP contribution in [0.1, 0.15) is 22.8 Å². The van der Waals surface area contributed by atoms with Crippen molar-refractivity contribution in [3.05, 3.63) is 53.6 Å². The SMILES string of the molecule is COc1cc(C(C)=O)ccc1OC[C@H](O)CN1CCc2ccccc21. The molecule has 0 unspecified atom stereocenters. The number of methoxy groups -OCH3 is 1. The number of hydrogen-bond donors (Lipinski definition) is 1. The number of ether oxygens (including phenoxy) is 2. The zero-order valence-electron chi connectivity index (χ0n) is 14.6. The largest absolute Gasteiger partial charge is 0.493 e. The van der Waals surface area contributed by atoms with Crippen LogP contribution in [0.3, 0.4) is 0 Å². The average molecular weight is 341 g/mol. The number of carbonyl (C=O) groups is 1. The van der Waals surface area contributed by atoms with Gasteiger partial charge in [0, 0.05) is 24.3 Å². The maximum absolute atomic E-state index is 11.4. The van der Waals surface area contributed by atoms with E-state index in [-0.39, 0.29) is 12.4 Å². The number of aliphatic hydroxyl groups is 1. The second-order valence-corrected chi connectivity index (χ2v) is 6.21. The van der Waals surface area contributed by atoms with Crippen molar-refractivity contribution in [2.24, 2.45) is 0 Å². The number of β-amino-alcohol motifs (C(OH)–C–C–N with tert-alkyl or cyclic N) is 1. The summed E-state index contributed by atoms with van der Waals surface area (Å²) in [6, 6.07) is 13.3. The maximum atomic E-state index is 11.4. The second-order valence-electron chi connectivity index (χ2n) is 6.21. The Morgan fingerprint density at radius 3 is 2.80 bits per heavy atom. The van der Waals surface area contributed by atoms with Gasteiger partial charge in [-0.2, -0.15) is 0 Å². The van der Waals surface area contributed by atoms with Crippen LogP contribution in [0.4, 0.5) is 5.69 Å². The van der Waals surface area contributed by atoms with Crippen molar-refractivity contribution in [1.82, 2.24) is 0 Å². The first-order chi connectivity index (χ1) is 12.1. The molecule has 0 radical (unpaired) electrons. The van der Waals surface area contributed by atoms with Crippen molar-refractivity contribution < 1.29 is 19.4 Å². The molecule has 2 aromatic rings. The van der Waals surface area contributed by atoms with Gasteiger partial charge in [-0.3, -0.25) is 4.79 Å². The number of anilines is 1. The van der Waals surface area contributed by atoms with Gasteiger partial charge in [0.2, 0.25) is 0 Å². The number of hydrogen-bond acceptors (Lipinski definition) is 5. The third kappa shape index (κ3) is 3.94. The Morgan fingerprint density at radius 1 is 1.24 bits per heavy atom. The number of fused-ring (bicyclic) bond motifs is 1. The van der Waals surface area contributed by atoms with E-state index in [0.717, 1.165) is 13.0 Å². The van der Waals surface area contributed by atoms with Gasteiger partial charge in [0.25, 0.3) is 0 Å². The third-order valence-corrected chi connectivity index (χ3v) is 4.42. The fraction of sp³-hybridized carbons (Fsp3) is 0.350. The van der Waals surface area contributed by atoms with Crippen molar-refractivity contribution in [2.45, 2.75) is 19.4 Å². The van der Waals surface area contributed by atoms with Gasteiger partial charge in [-0.25, -0.2) is 0 Å². The molecule has 0 aliphatic carbocycles. The maximum Gasteiger partial charge on any atom is 0.161 e. The zero-order valence-corrected chi connectivity index (χ0v) is 14.6. The summed E-state index contributed by atoms with van der Waals surface area (Å²) in [5, 5.41) is 10.3. The molecule has 25 heavy (non-hydrogen) atoms. The molecule has 5 nitrogen and oxygen atoms in total. The number of aliphatic hydroxyl groups excluding tert-OH is 1. The summed E-state index contributed by atoms with van der Waals surface area (Å²) in [6.07, 6.45) is 0.382. The molecule has 1 aliphatic rings. The number of ketones is 1. The van der Waals surface area contributed by atoms with E-state index in [9.17, 15) is 9.90 Å². The minimum Gasteiger partial charge on any atom is -0.493 e. The lowest BCUT2D eigenvalue weighted by Gasteiger charge is -2.23. The van der Waals surface area contributed by atoms with E-state index in [1.165, 1.54) is 25.3 Å². The average Bonchev–Trinajstić information content (AvgIpc) is 3.02. The van der Waals surface area contributed by atoms with Crippen LogP contribution < -0.4 is 14.4 Å².